The van der Waals surface area contributed by atoms with Crippen molar-refractivity contribution in [2.45, 2.75) is 27.2 Å². The standard InChI is InChI=1S/C24H24N2O2/c1-5-21-20(15-25)22(23(26(21)4)24(27)28-6-2)19-13-11-18(12-14-19)17-9-7-16(3)8-10-17/h7-14H,5-6H2,1-4H3. The van der Waals surface area contributed by atoms with Gasteiger partial charge in [0.05, 0.1) is 12.2 Å². The van der Waals surface area contributed by atoms with Gasteiger partial charge in [0, 0.05) is 18.3 Å². The summed E-state index contributed by atoms with van der Waals surface area (Å²) in [6.07, 6.45) is 0.660. The van der Waals surface area contributed by atoms with Crippen molar-refractivity contribution < 1.29 is 9.53 Å². The Morgan fingerprint density at radius 1 is 1.00 bits per heavy atom. The van der Waals surface area contributed by atoms with Crippen molar-refractivity contribution in [1.82, 2.24) is 4.57 Å². The van der Waals surface area contributed by atoms with E-state index in [4.69, 9.17) is 4.74 Å². The fraction of sp³-hybridized carbons (Fsp3) is 0.250. The molecule has 0 aliphatic carbocycles. The van der Waals surface area contributed by atoms with Crippen molar-refractivity contribution in [3.63, 3.8) is 0 Å². The van der Waals surface area contributed by atoms with E-state index >= 15 is 0 Å². The molecule has 4 nitrogen and oxygen atoms in total. The lowest BCUT2D eigenvalue weighted by Crippen LogP contribution is -2.12. The van der Waals surface area contributed by atoms with Crippen molar-refractivity contribution in [2.75, 3.05) is 6.61 Å². The molecule has 0 unspecified atom stereocenters. The Bertz CT molecular complexity index is 1040. The molecule has 4 heteroatoms. The van der Waals surface area contributed by atoms with Gasteiger partial charge in [-0.25, -0.2) is 4.79 Å². The lowest BCUT2D eigenvalue weighted by molar-refractivity contribution is 0.0516. The van der Waals surface area contributed by atoms with E-state index in [0.29, 0.717) is 29.8 Å². The van der Waals surface area contributed by atoms with Crippen LogP contribution in [0.4, 0.5) is 0 Å². The van der Waals surface area contributed by atoms with Gasteiger partial charge in [0.2, 0.25) is 0 Å². The summed E-state index contributed by atoms with van der Waals surface area (Å²) in [6, 6.07) is 18.6. The smallest absolute Gasteiger partial charge is 0.355 e. The van der Waals surface area contributed by atoms with Crippen molar-refractivity contribution in [1.29, 1.82) is 5.26 Å². The van der Waals surface area contributed by atoms with Crippen LogP contribution in [0.25, 0.3) is 22.3 Å². The summed E-state index contributed by atoms with van der Waals surface area (Å²) < 4.78 is 7.05. The Morgan fingerprint density at radius 2 is 1.54 bits per heavy atom. The monoisotopic (exact) mass is 372 g/mol. The van der Waals surface area contributed by atoms with Gasteiger partial charge < -0.3 is 9.30 Å². The number of esters is 1. The topological polar surface area (TPSA) is 55.0 Å². The van der Waals surface area contributed by atoms with Gasteiger partial charge in [-0.3, -0.25) is 0 Å². The lowest BCUT2D eigenvalue weighted by Gasteiger charge is -2.09. The molecule has 0 saturated carbocycles. The van der Waals surface area contributed by atoms with Gasteiger partial charge in [-0.1, -0.05) is 61.0 Å². The second kappa shape index (κ2) is 8.14. The van der Waals surface area contributed by atoms with E-state index in [9.17, 15) is 10.1 Å². The number of ether oxygens (including phenoxy) is 1. The highest BCUT2D eigenvalue weighted by atomic mass is 16.5. The van der Waals surface area contributed by atoms with E-state index in [1.165, 1.54) is 5.56 Å². The van der Waals surface area contributed by atoms with Gasteiger partial charge in [-0.05, 0) is 37.0 Å². The molecule has 0 fully saturated rings. The Morgan fingerprint density at radius 3 is 2.04 bits per heavy atom. The first-order valence-corrected chi connectivity index (χ1v) is 9.48. The van der Waals surface area contributed by atoms with Gasteiger partial charge >= 0.3 is 5.97 Å². The van der Waals surface area contributed by atoms with Crippen LogP contribution in [0.1, 0.15) is 41.2 Å². The average molecular weight is 372 g/mol. The maximum absolute atomic E-state index is 12.6. The molecule has 0 radical (unpaired) electrons. The predicted molar refractivity (Wildman–Crippen MR) is 111 cm³/mol. The van der Waals surface area contributed by atoms with E-state index < -0.39 is 5.97 Å². The van der Waals surface area contributed by atoms with E-state index in [-0.39, 0.29) is 0 Å². The van der Waals surface area contributed by atoms with E-state index in [1.54, 1.807) is 11.5 Å². The number of carbonyl (C=O) groups is 1. The molecular formula is C24H24N2O2. The molecule has 3 rings (SSSR count). The molecule has 0 spiro atoms. The van der Waals surface area contributed by atoms with Crippen LogP contribution in [-0.4, -0.2) is 17.1 Å². The molecule has 0 amide bonds. The third-order valence-electron chi connectivity index (χ3n) is 4.99. The highest BCUT2D eigenvalue weighted by molar-refractivity contribution is 5.98. The van der Waals surface area contributed by atoms with Crippen LogP contribution in [0.3, 0.4) is 0 Å². The third kappa shape index (κ3) is 3.44. The van der Waals surface area contributed by atoms with Crippen LogP contribution in [0.2, 0.25) is 0 Å². The zero-order valence-corrected chi connectivity index (χ0v) is 16.7. The second-order valence-corrected chi connectivity index (χ2v) is 6.73. The molecule has 28 heavy (non-hydrogen) atoms. The Labute approximate surface area is 166 Å². The Hall–Kier alpha value is -3.32. The molecule has 0 bridgehead atoms. The number of benzene rings is 2. The quantitative estimate of drug-likeness (QED) is 0.573. The van der Waals surface area contributed by atoms with Gasteiger partial charge in [0.15, 0.2) is 0 Å². The first kappa shape index (κ1) is 19.4. The number of hydrogen-bond donors (Lipinski definition) is 0. The average Bonchev–Trinajstić information content (AvgIpc) is 3.00. The summed E-state index contributed by atoms with van der Waals surface area (Å²) in [7, 11) is 1.82. The highest BCUT2D eigenvalue weighted by Gasteiger charge is 2.26. The zero-order valence-electron chi connectivity index (χ0n) is 16.7. The Kier molecular flexibility index (Phi) is 5.65. The number of hydrogen-bond acceptors (Lipinski definition) is 3. The van der Waals surface area contributed by atoms with E-state index in [1.807, 2.05) is 38.2 Å². The molecular weight excluding hydrogens is 348 g/mol. The van der Waals surface area contributed by atoms with E-state index in [0.717, 1.165) is 22.4 Å². The maximum atomic E-state index is 12.6. The van der Waals surface area contributed by atoms with Crippen molar-refractivity contribution >= 4 is 5.97 Å². The molecule has 1 aromatic heterocycles. The third-order valence-corrected chi connectivity index (χ3v) is 4.99. The van der Waals surface area contributed by atoms with Crippen LogP contribution in [0.5, 0.6) is 0 Å². The summed E-state index contributed by atoms with van der Waals surface area (Å²) in [4.78, 5) is 12.6. The molecule has 0 saturated heterocycles. The fourth-order valence-corrected chi connectivity index (χ4v) is 3.56. The van der Waals surface area contributed by atoms with Gasteiger partial charge in [-0.15, -0.1) is 0 Å². The molecule has 2 aromatic carbocycles. The molecule has 142 valence electrons. The summed E-state index contributed by atoms with van der Waals surface area (Å²) in [5.74, 6) is -0.404. The van der Waals surface area contributed by atoms with Crippen LogP contribution in [-0.2, 0) is 18.2 Å². The number of aryl methyl sites for hydroxylation is 1. The maximum Gasteiger partial charge on any atom is 0.355 e. The lowest BCUT2D eigenvalue weighted by atomic mass is 9.97. The number of rotatable bonds is 5. The van der Waals surface area contributed by atoms with Crippen LogP contribution in [0.15, 0.2) is 48.5 Å². The first-order chi connectivity index (χ1) is 13.5. The van der Waals surface area contributed by atoms with E-state index in [2.05, 4.69) is 37.3 Å². The molecule has 0 atom stereocenters. The summed E-state index contributed by atoms with van der Waals surface area (Å²) in [5.41, 5.74) is 6.73. The fourth-order valence-electron chi connectivity index (χ4n) is 3.56. The van der Waals surface area contributed by atoms with Crippen LogP contribution in [0, 0.1) is 18.3 Å². The van der Waals surface area contributed by atoms with Crippen LogP contribution < -0.4 is 0 Å². The molecule has 0 aliphatic rings. The SMILES string of the molecule is CCOC(=O)c1c(-c2ccc(-c3ccc(C)cc3)cc2)c(C#N)c(CC)n1C. The first-order valence-electron chi connectivity index (χ1n) is 9.48. The van der Waals surface area contributed by atoms with Gasteiger partial charge in [0.25, 0.3) is 0 Å². The number of carbonyl (C=O) groups excluding carboxylic acids is 1. The van der Waals surface area contributed by atoms with Crippen molar-refractivity contribution in [3.8, 4) is 28.3 Å². The summed E-state index contributed by atoms with van der Waals surface area (Å²) >= 11 is 0. The minimum atomic E-state index is -0.404. The predicted octanol–water partition coefficient (Wildman–Crippen LogP) is 5.28. The normalized spacial score (nSPS) is 10.5. The number of nitrogens with zero attached hydrogens (tertiary/aromatic N) is 2. The van der Waals surface area contributed by atoms with Crippen LogP contribution >= 0.6 is 0 Å². The van der Waals surface area contributed by atoms with Gasteiger partial charge in [-0.2, -0.15) is 5.26 Å². The second-order valence-electron chi connectivity index (χ2n) is 6.73. The largest absolute Gasteiger partial charge is 0.461 e. The summed E-state index contributed by atoms with van der Waals surface area (Å²) in [5, 5.41) is 9.78. The zero-order chi connectivity index (χ0) is 20.3. The minimum Gasteiger partial charge on any atom is -0.461 e. The molecule has 0 N–H and O–H groups in total. The molecule has 0 aliphatic heterocycles. The van der Waals surface area contributed by atoms with Crippen molar-refractivity contribution in [2.24, 2.45) is 7.05 Å². The van der Waals surface area contributed by atoms with Gasteiger partial charge in [0.1, 0.15) is 11.8 Å². The summed E-state index contributed by atoms with van der Waals surface area (Å²) in [6.45, 7) is 6.12. The minimum absolute atomic E-state index is 0.291. The number of nitriles is 1. The molecule has 1 heterocycles. The Balaban J connectivity index is 2.13. The number of aromatic nitrogens is 1. The highest BCUT2D eigenvalue weighted by Crippen LogP contribution is 2.34. The van der Waals surface area contributed by atoms with Crippen molar-refractivity contribution in [3.05, 3.63) is 71.0 Å². The molecule has 3 aromatic rings.